The van der Waals surface area contributed by atoms with Gasteiger partial charge in [0.1, 0.15) is 5.92 Å². The van der Waals surface area contributed by atoms with E-state index in [9.17, 15) is 4.79 Å². The Kier molecular flexibility index (Phi) is 3.19. The number of methoxy groups -OCH3 is 1. The van der Waals surface area contributed by atoms with Crippen molar-refractivity contribution in [1.82, 2.24) is 0 Å². The second kappa shape index (κ2) is 4.79. The van der Waals surface area contributed by atoms with Crippen molar-refractivity contribution >= 4 is 17.5 Å². The number of ether oxygens (including phenoxy) is 1. The highest BCUT2D eigenvalue weighted by atomic mass is 16.5. The van der Waals surface area contributed by atoms with Crippen LogP contribution < -0.4 is 5.32 Å². The van der Waals surface area contributed by atoms with Crippen LogP contribution in [0, 0.1) is 5.92 Å². The van der Waals surface area contributed by atoms with Gasteiger partial charge in [-0.2, -0.15) is 0 Å². The van der Waals surface area contributed by atoms with E-state index in [0.717, 1.165) is 12.1 Å². The fourth-order valence-corrected chi connectivity index (χ4v) is 1.74. The van der Waals surface area contributed by atoms with Crippen LogP contribution >= 0.6 is 0 Å². The maximum atomic E-state index is 11.9. The Labute approximate surface area is 94.3 Å². The lowest BCUT2D eigenvalue weighted by molar-refractivity contribution is -0.118. The summed E-state index contributed by atoms with van der Waals surface area (Å²) >= 11 is 0. The van der Waals surface area contributed by atoms with Crippen LogP contribution in [-0.2, 0) is 9.53 Å². The molecule has 4 nitrogen and oxygen atoms in total. The van der Waals surface area contributed by atoms with E-state index in [4.69, 9.17) is 4.74 Å². The summed E-state index contributed by atoms with van der Waals surface area (Å²) in [5, 5.41) is 2.85. The minimum absolute atomic E-state index is 0.0516. The summed E-state index contributed by atoms with van der Waals surface area (Å²) in [6.45, 7) is 0.663. The Hall–Kier alpha value is -1.84. The van der Waals surface area contributed by atoms with E-state index in [0.29, 0.717) is 12.4 Å². The Morgan fingerprint density at radius 1 is 1.44 bits per heavy atom. The second-order valence-electron chi connectivity index (χ2n) is 3.62. The number of anilines is 1. The molecule has 1 aliphatic rings. The molecule has 1 heterocycles. The highest BCUT2D eigenvalue weighted by Gasteiger charge is 2.29. The molecule has 1 aliphatic heterocycles. The van der Waals surface area contributed by atoms with E-state index in [-0.39, 0.29) is 11.8 Å². The summed E-state index contributed by atoms with van der Waals surface area (Å²) in [6.07, 6.45) is 0.724. The summed E-state index contributed by atoms with van der Waals surface area (Å²) in [4.78, 5) is 16.0. The molecule has 16 heavy (non-hydrogen) atoms. The molecule has 0 saturated heterocycles. The number of rotatable bonds is 2. The number of hydrogen-bond donors (Lipinski definition) is 1. The number of nitrogens with one attached hydrogen (secondary N) is 1. The molecule has 1 atom stereocenters. The average molecular weight is 218 g/mol. The van der Waals surface area contributed by atoms with Gasteiger partial charge in [0.25, 0.3) is 0 Å². The van der Waals surface area contributed by atoms with Gasteiger partial charge in [-0.3, -0.25) is 9.79 Å². The van der Waals surface area contributed by atoms with Crippen molar-refractivity contribution in [3.05, 3.63) is 30.3 Å². The van der Waals surface area contributed by atoms with Crippen LogP contribution in [0.15, 0.2) is 35.3 Å². The van der Waals surface area contributed by atoms with Crippen molar-refractivity contribution in [2.75, 3.05) is 19.0 Å². The van der Waals surface area contributed by atoms with Crippen molar-refractivity contribution in [2.24, 2.45) is 10.9 Å². The molecule has 1 unspecified atom stereocenters. The van der Waals surface area contributed by atoms with Gasteiger partial charge in [0.15, 0.2) is 5.90 Å². The van der Waals surface area contributed by atoms with Crippen molar-refractivity contribution in [3.63, 3.8) is 0 Å². The molecule has 1 aromatic rings. The first kappa shape index (κ1) is 10.7. The molecule has 0 radical (unpaired) electrons. The van der Waals surface area contributed by atoms with Crippen LogP contribution in [0.2, 0.25) is 0 Å². The standard InChI is InChI=1S/C12H14N2O2/c1-16-12-10(7-8-13-12)11(15)14-9-5-3-2-4-6-9/h2-6,10H,7-8H2,1H3,(H,14,15). The van der Waals surface area contributed by atoms with Crippen LogP contribution in [0.5, 0.6) is 0 Å². The van der Waals surface area contributed by atoms with Crippen LogP contribution in [0.25, 0.3) is 0 Å². The van der Waals surface area contributed by atoms with Gasteiger partial charge in [-0.15, -0.1) is 0 Å². The van der Waals surface area contributed by atoms with Crippen LogP contribution in [0.3, 0.4) is 0 Å². The SMILES string of the molecule is COC1=NCCC1C(=O)Nc1ccccc1. The number of carbonyl (C=O) groups excluding carboxylic acids is 1. The van der Waals surface area contributed by atoms with Crippen molar-refractivity contribution in [2.45, 2.75) is 6.42 Å². The largest absolute Gasteiger partial charge is 0.484 e. The Morgan fingerprint density at radius 2 is 2.19 bits per heavy atom. The summed E-state index contributed by atoms with van der Waals surface area (Å²) in [7, 11) is 1.55. The van der Waals surface area contributed by atoms with Gasteiger partial charge in [0.05, 0.1) is 7.11 Å². The quantitative estimate of drug-likeness (QED) is 0.821. The normalized spacial score (nSPS) is 19.1. The van der Waals surface area contributed by atoms with E-state index < -0.39 is 0 Å². The van der Waals surface area contributed by atoms with Gasteiger partial charge < -0.3 is 10.1 Å². The first-order chi connectivity index (χ1) is 7.81. The highest BCUT2D eigenvalue weighted by Crippen LogP contribution is 2.17. The molecule has 1 amide bonds. The Morgan fingerprint density at radius 3 is 2.88 bits per heavy atom. The molecule has 0 fully saturated rings. The van der Waals surface area contributed by atoms with Crippen molar-refractivity contribution < 1.29 is 9.53 Å². The van der Waals surface area contributed by atoms with Crippen LogP contribution in [-0.4, -0.2) is 25.5 Å². The topological polar surface area (TPSA) is 50.7 Å². The molecule has 84 valence electrons. The van der Waals surface area contributed by atoms with E-state index in [1.807, 2.05) is 30.3 Å². The lowest BCUT2D eigenvalue weighted by atomic mass is 10.1. The first-order valence-corrected chi connectivity index (χ1v) is 5.25. The smallest absolute Gasteiger partial charge is 0.236 e. The third-order valence-corrected chi connectivity index (χ3v) is 2.55. The van der Waals surface area contributed by atoms with E-state index >= 15 is 0 Å². The van der Waals surface area contributed by atoms with Crippen molar-refractivity contribution in [1.29, 1.82) is 0 Å². The summed E-state index contributed by atoms with van der Waals surface area (Å²) in [5.74, 6) is 0.239. The third-order valence-electron chi connectivity index (χ3n) is 2.55. The maximum absolute atomic E-state index is 11.9. The first-order valence-electron chi connectivity index (χ1n) is 5.25. The van der Waals surface area contributed by atoms with Crippen LogP contribution in [0.1, 0.15) is 6.42 Å². The number of amides is 1. The Bertz CT molecular complexity index is 401. The summed E-state index contributed by atoms with van der Waals surface area (Å²) < 4.78 is 5.07. The molecule has 2 rings (SSSR count). The number of carbonyl (C=O) groups is 1. The molecule has 0 saturated carbocycles. The van der Waals surface area contributed by atoms with Gasteiger partial charge in [0.2, 0.25) is 5.91 Å². The van der Waals surface area contributed by atoms with Gasteiger partial charge in [0, 0.05) is 12.2 Å². The average Bonchev–Trinajstić information content (AvgIpc) is 2.78. The Balaban J connectivity index is 2.01. The number of nitrogens with zero attached hydrogens (tertiary/aromatic N) is 1. The van der Waals surface area contributed by atoms with Crippen molar-refractivity contribution in [3.8, 4) is 0 Å². The monoisotopic (exact) mass is 218 g/mol. The number of aliphatic imine (C=N–C) groups is 1. The maximum Gasteiger partial charge on any atom is 0.236 e. The van der Waals surface area contributed by atoms with Gasteiger partial charge in [-0.25, -0.2) is 0 Å². The predicted octanol–water partition coefficient (Wildman–Crippen LogP) is 1.69. The molecule has 4 heteroatoms. The van der Waals surface area contributed by atoms with Gasteiger partial charge in [-0.05, 0) is 18.6 Å². The zero-order chi connectivity index (χ0) is 11.4. The zero-order valence-corrected chi connectivity index (χ0v) is 9.14. The van der Waals surface area contributed by atoms with E-state index in [1.165, 1.54) is 0 Å². The number of hydrogen-bond acceptors (Lipinski definition) is 3. The van der Waals surface area contributed by atoms with Crippen LogP contribution in [0.4, 0.5) is 5.69 Å². The molecule has 0 aromatic heterocycles. The molecule has 0 spiro atoms. The third kappa shape index (κ3) is 2.21. The molecule has 1 aromatic carbocycles. The number of benzene rings is 1. The molecule has 1 N–H and O–H groups in total. The number of para-hydroxylation sites is 1. The molecule has 0 aliphatic carbocycles. The summed E-state index contributed by atoms with van der Waals surface area (Å²) in [5.41, 5.74) is 0.801. The fraction of sp³-hybridized carbons (Fsp3) is 0.333. The molecular formula is C12H14N2O2. The summed E-state index contributed by atoms with van der Waals surface area (Å²) in [6, 6.07) is 9.39. The minimum atomic E-state index is -0.245. The van der Waals surface area contributed by atoms with E-state index in [2.05, 4.69) is 10.3 Å². The van der Waals surface area contributed by atoms with Gasteiger partial charge in [-0.1, -0.05) is 18.2 Å². The predicted molar refractivity (Wildman–Crippen MR) is 62.5 cm³/mol. The second-order valence-corrected chi connectivity index (χ2v) is 3.62. The minimum Gasteiger partial charge on any atom is -0.484 e. The highest BCUT2D eigenvalue weighted by molar-refractivity contribution is 6.07. The zero-order valence-electron chi connectivity index (χ0n) is 9.14. The molecular weight excluding hydrogens is 204 g/mol. The lowest BCUT2D eigenvalue weighted by Gasteiger charge is -2.12. The van der Waals surface area contributed by atoms with Gasteiger partial charge >= 0.3 is 0 Å². The lowest BCUT2D eigenvalue weighted by Crippen LogP contribution is -2.28. The fourth-order valence-electron chi connectivity index (χ4n) is 1.74. The molecule has 0 bridgehead atoms. The van der Waals surface area contributed by atoms with E-state index in [1.54, 1.807) is 7.11 Å².